The van der Waals surface area contributed by atoms with Crippen LogP contribution in [0.15, 0.2) is 18.2 Å². The molecule has 0 radical (unpaired) electrons. The summed E-state index contributed by atoms with van der Waals surface area (Å²) in [6.07, 6.45) is 2.17. The summed E-state index contributed by atoms with van der Waals surface area (Å²) < 4.78 is 15.2. The molecular weight excluding hydrogens is 300 g/mol. The molecule has 0 unspecified atom stereocenters. The fourth-order valence-corrected chi connectivity index (χ4v) is 3.42. The topological polar surface area (TPSA) is 22.0 Å². The van der Waals surface area contributed by atoms with Gasteiger partial charge >= 0.3 is 0 Å². The number of fused-ring (bicyclic) bond motifs is 1. The summed E-state index contributed by atoms with van der Waals surface area (Å²) in [4.78, 5) is 12.0. The van der Waals surface area contributed by atoms with E-state index in [-0.39, 0.29) is 15.8 Å². The van der Waals surface area contributed by atoms with Gasteiger partial charge in [-0.05, 0) is 38.0 Å². The SMILES string of the molecule is Cc1cc2c(n1-c1c(Cl)cc(F)cc1Cl)CCCC2=O. The summed E-state index contributed by atoms with van der Waals surface area (Å²) in [5, 5.41) is 0.490. The highest BCUT2D eigenvalue weighted by Gasteiger charge is 2.25. The number of halogens is 3. The van der Waals surface area contributed by atoms with Gasteiger partial charge in [-0.3, -0.25) is 4.79 Å². The van der Waals surface area contributed by atoms with Crippen LogP contribution < -0.4 is 0 Å². The largest absolute Gasteiger partial charge is 0.315 e. The zero-order chi connectivity index (χ0) is 14.4. The summed E-state index contributed by atoms with van der Waals surface area (Å²) in [7, 11) is 0. The van der Waals surface area contributed by atoms with E-state index in [9.17, 15) is 9.18 Å². The van der Waals surface area contributed by atoms with E-state index in [4.69, 9.17) is 23.2 Å². The molecule has 1 heterocycles. The van der Waals surface area contributed by atoms with Crippen LogP contribution in [-0.2, 0) is 6.42 Å². The molecule has 1 aliphatic rings. The molecule has 0 fully saturated rings. The van der Waals surface area contributed by atoms with Gasteiger partial charge in [-0.25, -0.2) is 4.39 Å². The number of ketones is 1. The Morgan fingerprint density at radius 3 is 2.45 bits per heavy atom. The second-order valence-corrected chi connectivity index (χ2v) is 5.79. The van der Waals surface area contributed by atoms with Gasteiger partial charge < -0.3 is 4.57 Å². The van der Waals surface area contributed by atoms with E-state index in [0.717, 1.165) is 29.8 Å². The first kappa shape index (κ1) is 13.7. The van der Waals surface area contributed by atoms with E-state index in [0.29, 0.717) is 12.1 Å². The van der Waals surface area contributed by atoms with Crippen molar-refractivity contribution in [2.75, 3.05) is 0 Å². The first-order chi connectivity index (χ1) is 9.49. The number of carbonyl (C=O) groups is 1. The zero-order valence-corrected chi connectivity index (χ0v) is 12.4. The lowest BCUT2D eigenvalue weighted by atomic mass is 9.96. The van der Waals surface area contributed by atoms with Crippen molar-refractivity contribution >= 4 is 29.0 Å². The van der Waals surface area contributed by atoms with Crippen molar-refractivity contribution in [1.82, 2.24) is 4.57 Å². The third kappa shape index (κ3) is 2.05. The minimum Gasteiger partial charge on any atom is -0.315 e. The number of aromatic nitrogens is 1. The first-order valence-electron chi connectivity index (χ1n) is 6.38. The van der Waals surface area contributed by atoms with Crippen molar-refractivity contribution in [1.29, 1.82) is 0 Å². The normalized spacial score (nSPS) is 14.5. The van der Waals surface area contributed by atoms with Crippen LogP contribution in [0.25, 0.3) is 5.69 Å². The number of rotatable bonds is 1. The Morgan fingerprint density at radius 1 is 1.15 bits per heavy atom. The highest BCUT2D eigenvalue weighted by molar-refractivity contribution is 6.37. The molecule has 0 amide bonds. The van der Waals surface area contributed by atoms with Gasteiger partial charge in [0.1, 0.15) is 5.82 Å². The lowest BCUT2D eigenvalue weighted by Gasteiger charge is -2.18. The van der Waals surface area contributed by atoms with Crippen LogP contribution in [0, 0.1) is 12.7 Å². The summed E-state index contributed by atoms with van der Waals surface area (Å²) in [6, 6.07) is 4.32. The van der Waals surface area contributed by atoms with Crippen LogP contribution in [0.4, 0.5) is 4.39 Å². The average Bonchev–Trinajstić information content (AvgIpc) is 2.67. The van der Waals surface area contributed by atoms with Gasteiger partial charge in [0.2, 0.25) is 0 Å². The van der Waals surface area contributed by atoms with E-state index in [2.05, 4.69) is 0 Å². The molecule has 0 saturated carbocycles. The molecule has 0 aliphatic heterocycles. The van der Waals surface area contributed by atoms with Gasteiger partial charge in [-0.2, -0.15) is 0 Å². The highest BCUT2D eigenvalue weighted by atomic mass is 35.5. The minimum absolute atomic E-state index is 0.141. The molecule has 2 nitrogen and oxygen atoms in total. The molecule has 0 atom stereocenters. The maximum atomic E-state index is 13.3. The number of hydrogen-bond acceptors (Lipinski definition) is 1. The summed E-state index contributed by atoms with van der Waals surface area (Å²) >= 11 is 12.3. The van der Waals surface area contributed by atoms with Crippen LogP contribution in [0.3, 0.4) is 0 Å². The summed E-state index contributed by atoms with van der Waals surface area (Å²) in [5.41, 5.74) is 3.06. The second kappa shape index (κ2) is 4.90. The predicted molar refractivity (Wildman–Crippen MR) is 77.8 cm³/mol. The van der Waals surface area contributed by atoms with Crippen LogP contribution in [0.1, 0.15) is 34.6 Å². The Hall–Kier alpha value is -1.32. The number of carbonyl (C=O) groups excluding carboxylic acids is 1. The molecule has 20 heavy (non-hydrogen) atoms. The smallest absolute Gasteiger partial charge is 0.164 e. The predicted octanol–water partition coefficient (Wildman–Crippen LogP) is 4.75. The summed E-state index contributed by atoms with van der Waals surface area (Å²) in [5.74, 6) is -0.332. The van der Waals surface area contributed by atoms with Gasteiger partial charge in [0, 0.05) is 23.4 Å². The first-order valence-corrected chi connectivity index (χ1v) is 7.14. The molecule has 2 aromatic rings. The lowest BCUT2D eigenvalue weighted by Crippen LogP contribution is -2.13. The van der Waals surface area contributed by atoms with Crippen LogP contribution in [-0.4, -0.2) is 10.4 Å². The molecule has 5 heteroatoms. The molecule has 0 bridgehead atoms. The molecule has 104 valence electrons. The fourth-order valence-electron chi connectivity index (χ4n) is 2.79. The van der Waals surface area contributed by atoms with E-state index in [1.807, 2.05) is 17.6 Å². The van der Waals surface area contributed by atoms with E-state index in [1.165, 1.54) is 12.1 Å². The van der Waals surface area contributed by atoms with Crippen molar-refractivity contribution in [2.45, 2.75) is 26.2 Å². The quantitative estimate of drug-likeness (QED) is 0.745. The molecule has 0 N–H and O–H groups in total. The highest BCUT2D eigenvalue weighted by Crippen LogP contribution is 2.35. The van der Waals surface area contributed by atoms with Gasteiger partial charge in [-0.1, -0.05) is 23.2 Å². The Kier molecular flexibility index (Phi) is 3.35. The van der Waals surface area contributed by atoms with Gasteiger partial charge in [0.05, 0.1) is 15.7 Å². The van der Waals surface area contributed by atoms with Crippen molar-refractivity contribution in [2.24, 2.45) is 0 Å². The number of Topliss-reactive ketones (excluding diaryl/α,β-unsaturated/α-hetero) is 1. The van der Waals surface area contributed by atoms with Crippen molar-refractivity contribution in [3.05, 3.63) is 51.0 Å². The van der Waals surface area contributed by atoms with Gasteiger partial charge in [-0.15, -0.1) is 0 Å². The minimum atomic E-state index is -0.474. The summed E-state index contributed by atoms with van der Waals surface area (Å²) in [6.45, 7) is 1.89. The number of nitrogens with zero attached hydrogens (tertiary/aromatic N) is 1. The maximum absolute atomic E-state index is 13.3. The number of aryl methyl sites for hydroxylation is 1. The standard InChI is InChI=1S/C15H12Cl2FNO/c1-8-5-10-13(3-2-4-14(10)20)19(8)15-11(16)6-9(18)7-12(15)17/h5-7H,2-4H2,1H3. The molecule has 1 aliphatic carbocycles. The van der Waals surface area contributed by atoms with Crippen molar-refractivity contribution in [3.8, 4) is 5.69 Å². The van der Waals surface area contributed by atoms with E-state index in [1.54, 1.807) is 0 Å². The number of hydrogen-bond donors (Lipinski definition) is 0. The Morgan fingerprint density at radius 2 is 1.80 bits per heavy atom. The van der Waals surface area contributed by atoms with Crippen LogP contribution in [0.5, 0.6) is 0 Å². The van der Waals surface area contributed by atoms with Crippen molar-refractivity contribution < 1.29 is 9.18 Å². The maximum Gasteiger partial charge on any atom is 0.164 e. The molecule has 0 spiro atoms. The van der Waals surface area contributed by atoms with Crippen LogP contribution >= 0.6 is 23.2 Å². The van der Waals surface area contributed by atoms with Gasteiger partial charge in [0.15, 0.2) is 5.78 Å². The van der Waals surface area contributed by atoms with Crippen molar-refractivity contribution in [3.63, 3.8) is 0 Å². The second-order valence-electron chi connectivity index (χ2n) is 4.98. The molecule has 1 aromatic carbocycles. The fraction of sp³-hybridized carbons (Fsp3) is 0.267. The third-order valence-electron chi connectivity index (χ3n) is 3.61. The molecule has 3 rings (SSSR count). The number of benzene rings is 1. The molecular formula is C15H12Cl2FNO. The van der Waals surface area contributed by atoms with Crippen LogP contribution in [0.2, 0.25) is 10.0 Å². The van der Waals surface area contributed by atoms with Gasteiger partial charge in [0.25, 0.3) is 0 Å². The Bertz CT molecular complexity index is 698. The van der Waals surface area contributed by atoms with E-state index < -0.39 is 5.82 Å². The Labute approximate surface area is 126 Å². The van der Waals surface area contributed by atoms with E-state index >= 15 is 0 Å². The molecule has 0 saturated heterocycles. The third-order valence-corrected chi connectivity index (χ3v) is 4.19. The lowest BCUT2D eigenvalue weighted by molar-refractivity contribution is 0.0972. The zero-order valence-electron chi connectivity index (χ0n) is 10.8. The average molecular weight is 312 g/mol. The monoisotopic (exact) mass is 311 g/mol. The molecule has 1 aromatic heterocycles. The Balaban J connectivity index is 2.29.